The maximum atomic E-state index is 10.7. The molecule has 0 spiro atoms. The van der Waals surface area contributed by atoms with Gasteiger partial charge in [-0.05, 0) is 55.1 Å². The molecule has 6 rings (SSSR count). The van der Waals surface area contributed by atoms with Crippen molar-refractivity contribution < 1.29 is 23.4 Å². The summed E-state index contributed by atoms with van der Waals surface area (Å²) in [5, 5.41) is 19.7. The van der Waals surface area contributed by atoms with Crippen LogP contribution in [0.5, 0.6) is 5.75 Å². The highest BCUT2D eigenvalue weighted by atomic mass is 16.5. The van der Waals surface area contributed by atoms with Gasteiger partial charge in [0.15, 0.2) is 5.76 Å². The molecule has 2 atom stereocenters. The van der Waals surface area contributed by atoms with Gasteiger partial charge in [0.05, 0.1) is 18.1 Å². The van der Waals surface area contributed by atoms with E-state index >= 15 is 0 Å². The number of piperidine rings is 1. The van der Waals surface area contributed by atoms with Gasteiger partial charge in [-0.15, -0.1) is 10.2 Å². The number of benzene rings is 2. The highest BCUT2D eigenvalue weighted by Crippen LogP contribution is 2.40. The SMILES string of the molecule is CC(C)c1nnc(-c2cc3c(OC[C@@H](O)CN4CCC(C5OCc6ccccc65)CC4)cccc3o2)o1. The summed E-state index contributed by atoms with van der Waals surface area (Å²) in [6.45, 7) is 7.41. The zero-order valence-corrected chi connectivity index (χ0v) is 21.3. The van der Waals surface area contributed by atoms with E-state index in [2.05, 4.69) is 39.4 Å². The minimum Gasteiger partial charge on any atom is -0.490 e. The highest BCUT2D eigenvalue weighted by molar-refractivity contribution is 5.87. The number of nitrogens with zero attached hydrogens (tertiary/aromatic N) is 3. The van der Waals surface area contributed by atoms with Crippen molar-refractivity contribution in [3.05, 3.63) is 65.5 Å². The molecule has 2 aromatic heterocycles. The van der Waals surface area contributed by atoms with E-state index < -0.39 is 6.10 Å². The van der Waals surface area contributed by atoms with Crippen molar-refractivity contribution in [2.75, 3.05) is 26.2 Å². The van der Waals surface area contributed by atoms with Crippen molar-refractivity contribution in [3.63, 3.8) is 0 Å². The molecular formula is C29H33N3O5. The zero-order valence-electron chi connectivity index (χ0n) is 21.3. The lowest BCUT2D eigenvalue weighted by Gasteiger charge is -2.35. The first-order chi connectivity index (χ1) is 18.0. The molecule has 1 saturated heterocycles. The van der Waals surface area contributed by atoms with Crippen LogP contribution in [0.2, 0.25) is 0 Å². The number of aliphatic hydroxyl groups excluding tert-OH is 1. The minimum absolute atomic E-state index is 0.143. The van der Waals surface area contributed by atoms with Gasteiger partial charge in [0, 0.05) is 18.5 Å². The molecule has 194 valence electrons. The number of aromatic nitrogens is 2. The second-order valence-corrected chi connectivity index (χ2v) is 10.4. The van der Waals surface area contributed by atoms with Crippen LogP contribution >= 0.6 is 0 Å². The van der Waals surface area contributed by atoms with Gasteiger partial charge in [-0.25, -0.2) is 0 Å². The van der Waals surface area contributed by atoms with Crippen LogP contribution in [0.15, 0.2) is 57.4 Å². The number of furan rings is 1. The molecule has 4 aromatic rings. The van der Waals surface area contributed by atoms with Crippen LogP contribution in [-0.4, -0.2) is 52.5 Å². The Morgan fingerprint density at radius 3 is 2.70 bits per heavy atom. The number of hydrogen-bond acceptors (Lipinski definition) is 8. The van der Waals surface area contributed by atoms with Gasteiger partial charge in [0.2, 0.25) is 5.89 Å². The van der Waals surface area contributed by atoms with Crippen LogP contribution in [-0.2, 0) is 11.3 Å². The van der Waals surface area contributed by atoms with Crippen molar-refractivity contribution >= 4 is 11.0 Å². The Hall–Kier alpha value is -3.20. The first kappa shape index (κ1) is 24.2. The molecule has 1 N–H and O–H groups in total. The fourth-order valence-corrected chi connectivity index (χ4v) is 5.41. The molecule has 0 radical (unpaired) electrons. The number of aliphatic hydroxyl groups is 1. The Bertz CT molecular complexity index is 1350. The van der Waals surface area contributed by atoms with E-state index in [4.69, 9.17) is 18.3 Å². The number of fused-ring (bicyclic) bond motifs is 2. The molecule has 0 amide bonds. The summed E-state index contributed by atoms with van der Waals surface area (Å²) in [7, 11) is 0. The number of hydrogen-bond donors (Lipinski definition) is 1. The maximum Gasteiger partial charge on any atom is 0.283 e. The van der Waals surface area contributed by atoms with Crippen molar-refractivity contribution in [1.82, 2.24) is 15.1 Å². The van der Waals surface area contributed by atoms with Gasteiger partial charge in [-0.1, -0.05) is 44.2 Å². The van der Waals surface area contributed by atoms with E-state index in [0.29, 0.717) is 41.3 Å². The number of rotatable bonds is 8. The molecule has 8 nitrogen and oxygen atoms in total. The minimum atomic E-state index is -0.592. The third-order valence-corrected chi connectivity index (χ3v) is 7.41. The zero-order chi connectivity index (χ0) is 25.4. The fraction of sp³-hybridized carbons (Fsp3) is 0.448. The summed E-state index contributed by atoms with van der Waals surface area (Å²) in [6, 6.07) is 16.0. The molecule has 4 heterocycles. The first-order valence-electron chi connectivity index (χ1n) is 13.1. The fourth-order valence-electron chi connectivity index (χ4n) is 5.41. The average molecular weight is 504 g/mol. The van der Waals surface area contributed by atoms with Crippen molar-refractivity contribution in [2.45, 2.75) is 51.4 Å². The first-order valence-corrected chi connectivity index (χ1v) is 13.1. The summed E-state index contributed by atoms with van der Waals surface area (Å²) < 4.78 is 23.8. The Labute approximate surface area is 216 Å². The van der Waals surface area contributed by atoms with Crippen LogP contribution in [0.25, 0.3) is 22.6 Å². The number of β-amino-alcohol motifs (C(OH)–C–C–N with tert-alkyl or cyclic N) is 1. The van der Waals surface area contributed by atoms with Crippen molar-refractivity contribution in [1.29, 1.82) is 0 Å². The summed E-state index contributed by atoms with van der Waals surface area (Å²) >= 11 is 0. The Morgan fingerprint density at radius 1 is 1.05 bits per heavy atom. The summed E-state index contributed by atoms with van der Waals surface area (Å²) in [5.41, 5.74) is 3.34. The van der Waals surface area contributed by atoms with Crippen LogP contribution < -0.4 is 4.74 Å². The van der Waals surface area contributed by atoms with E-state index in [1.165, 1.54) is 11.1 Å². The predicted octanol–water partition coefficient (Wildman–Crippen LogP) is 5.33. The van der Waals surface area contributed by atoms with Gasteiger partial charge in [0.25, 0.3) is 5.89 Å². The van der Waals surface area contributed by atoms with Gasteiger partial charge < -0.3 is 28.3 Å². The summed E-state index contributed by atoms with van der Waals surface area (Å²) in [4.78, 5) is 2.32. The van der Waals surface area contributed by atoms with Gasteiger partial charge in [-0.3, -0.25) is 0 Å². The molecule has 2 aliphatic heterocycles. The van der Waals surface area contributed by atoms with Gasteiger partial charge in [-0.2, -0.15) is 0 Å². The van der Waals surface area contributed by atoms with Crippen LogP contribution in [0.1, 0.15) is 55.7 Å². The van der Waals surface area contributed by atoms with E-state index in [9.17, 15) is 5.11 Å². The van der Waals surface area contributed by atoms with E-state index in [1.54, 1.807) is 0 Å². The van der Waals surface area contributed by atoms with Crippen LogP contribution in [0, 0.1) is 5.92 Å². The van der Waals surface area contributed by atoms with E-state index in [1.807, 2.05) is 38.1 Å². The second-order valence-electron chi connectivity index (χ2n) is 10.4. The quantitative estimate of drug-likeness (QED) is 0.345. The third-order valence-electron chi connectivity index (χ3n) is 7.41. The van der Waals surface area contributed by atoms with Crippen molar-refractivity contribution in [3.8, 4) is 17.4 Å². The van der Waals surface area contributed by atoms with Crippen molar-refractivity contribution in [2.24, 2.45) is 5.92 Å². The average Bonchev–Trinajstić information content (AvgIpc) is 3.66. The lowest BCUT2D eigenvalue weighted by molar-refractivity contribution is -0.00900. The van der Waals surface area contributed by atoms with Crippen LogP contribution in [0.3, 0.4) is 0 Å². The molecule has 1 unspecified atom stereocenters. The molecule has 0 saturated carbocycles. The summed E-state index contributed by atoms with van der Waals surface area (Å²) in [6.07, 6.45) is 1.75. The van der Waals surface area contributed by atoms with E-state index in [0.717, 1.165) is 37.9 Å². The normalized spacial score (nSPS) is 19.5. The molecule has 2 aromatic carbocycles. The highest BCUT2D eigenvalue weighted by Gasteiger charge is 2.33. The van der Waals surface area contributed by atoms with Crippen LogP contribution in [0.4, 0.5) is 0 Å². The molecule has 2 aliphatic rings. The Balaban J connectivity index is 1.03. The lowest BCUT2D eigenvalue weighted by Crippen LogP contribution is -2.41. The standard InChI is InChI=1S/C29H33N3O5/c1-18(2)28-30-31-29(37-28)26-14-23-24(8-5-9-25(23)36-26)34-17-21(33)15-32-12-10-19(11-13-32)27-22-7-4-3-6-20(22)16-35-27/h3-9,14,18-19,21,27,33H,10-13,15-17H2,1-2H3/t21-,27?/m0/s1. The molecule has 0 bridgehead atoms. The predicted molar refractivity (Wildman–Crippen MR) is 138 cm³/mol. The second kappa shape index (κ2) is 10.3. The molecule has 8 heteroatoms. The Morgan fingerprint density at radius 2 is 1.89 bits per heavy atom. The molecule has 1 fully saturated rings. The number of ether oxygens (including phenoxy) is 2. The summed E-state index contributed by atoms with van der Waals surface area (Å²) in [5.74, 6) is 2.75. The maximum absolute atomic E-state index is 10.7. The van der Waals surface area contributed by atoms with E-state index in [-0.39, 0.29) is 18.6 Å². The lowest BCUT2D eigenvalue weighted by atomic mass is 9.87. The Kier molecular flexibility index (Phi) is 6.71. The topological polar surface area (TPSA) is 94.0 Å². The third kappa shape index (κ3) is 5.01. The smallest absolute Gasteiger partial charge is 0.283 e. The largest absolute Gasteiger partial charge is 0.490 e. The molecule has 0 aliphatic carbocycles. The monoisotopic (exact) mass is 503 g/mol. The molecular weight excluding hydrogens is 470 g/mol. The van der Waals surface area contributed by atoms with Gasteiger partial charge >= 0.3 is 0 Å². The number of likely N-dealkylation sites (tertiary alicyclic amines) is 1. The van der Waals surface area contributed by atoms with Gasteiger partial charge in [0.1, 0.15) is 24.0 Å². The molecule has 37 heavy (non-hydrogen) atoms.